The van der Waals surface area contributed by atoms with E-state index in [0.717, 1.165) is 17.0 Å². The smallest absolute Gasteiger partial charge is 0.416 e. The molecular formula is C22H22F3N3O4. The van der Waals surface area contributed by atoms with E-state index in [4.69, 9.17) is 4.74 Å². The van der Waals surface area contributed by atoms with Crippen LogP contribution >= 0.6 is 0 Å². The number of amides is 1. The zero-order valence-electron chi connectivity index (χ0n) is 17.6. The number of halogens is 3. The fraction of sp³-hybridized carbons (Fsp3) is 0.318. The number of ether oxygens (including phenoxy) is 1. The number of imidazole rings is 1. The van der Waals surface area contributed by atoms with Crippen molar-refractivity contribution in [3.63, 3.8) is 0 Å². The summed E-state index contributed by atoms with van der Waals surface area (Å²) in [6, 6.07) is 11.3. The van der Waals surface area contributed by atoms with Crippen LogP contribution in [0.5, 0.6) is 0 Å². The number of carbonyl (C=O) groups excluding carboxylic acids is 2. The summed E-state index contributed by atoms with van der Waals surface area (Å²) in [5.41, 5.74) is 0.391. The number of hydrogen-bond acceptors (Lipinski definition) is 4. The highest BCUT2D eigenvalue weighted by Crippen LogP contribution is 2.29. The number of benzene rings is 2. The van der Waals surface area contributed by atoms with Crippen molar-refractivity contribution in [3.8, 4) is 0 Å². The molecule has 3 rings (SSSR count). The summed E-state index contributed by atoms with van der Waals surface area (Å²) in [4.78, 5) is 38.9. The van der Waals surface area contributed by atoms with E-state index in [2.05, 4.69) is 0 Å². The Hall–Kier alpha value is -3.56. The topological polar surface area (TPSA) is 73.5 Å². The number of carbonyl (C=O) groups is 2. The van der Waals surface area contributed by atoms with Crippen LogP contribution in [-0.2, 0) is 40.6 Å². The number of aryl methyl sites for hydroxylation is 1. The Kier molecular flexibility index (Phi) is 6.71. The molecule has 0 aliphatic carbocycles. The summed E-state index contributed by atoms with van der Waals surface area (Å²) in [5.74, 6) is -1.20. The molecule has 0 aliphatic rings. The van der Waals surface area contributed by atoms with Crippen LogP contribution in [0.1, 0.15) is 18.1 Å². The summed E-state index contributed by atoms with van der Waals surface area (Å²) in [5, 5.41) is 0. The van der Waals surface area contributed by atoms with Gasteiger partial charge in [0, 0.05) is 13.6 Å². The first-order valence-electron chi connectivity index (χ1n) is 9.85. The molecule has 0 N–H and O–H groups in total. The first kappa shape index (κ1) is 23.1. The number of esters is 1. The Morgan fingerprint density at radius 3 is 2.25 bits per heavy atom. The lowest BCUT2D eigenvalue weighted by atomic mass is 10.1. The molecule has 10 heteroatoms. The number of aromatic nitrogens is 2. The van der Waals surface area contributed by atoms with Gasteiger partial charge in [0.15, 0.2) is 0 Å². The van der Waals surface area contributed by atoms with Crippen molar-refractivity contribution in [2.45, 2.75) is 26.2 Å². The molecule has 3 aromatic rings. The van der Waals surface area contributed by atoms with Crippen molar-refractivity contribution in [2.75, 3.05) is 13.2 Å². The highest BCUT2D eigenvalue weighted by atomic mass is 19.4. The Labute approximate surface area is 181 Å². The molecule has 0 spiro atoms. The maximum absolute atomic E-state index is 13.1. The highest BCUT2D eigenvalue weighted by Gasteiger charge is 2.30. The van der Waals surface area contributed by atoms with Gasteiger partial charge in [0.2, 0.25) is 5.91 Å². The zero-order chi connectivity index (χ0) is 23.5. The fourth-order valence-corrected chi connectivity index (χ4v) is 3.37. The molecule has 0 unspecified atom stereocenters. The maximum atomic E-state index is 13.1. The van der Waals surface area contributed by atoms with Crippen LogP contribution in [0.2, 0.25) is 0 Å². The van der Waals surface area contributed by atoms with Crippen LogP contribution in [0.4, 0.5) is 13.2 Å². The molecular weight excluding hydrogens is 427 g/mol. The monoisotopic (exact) mass is 449 g/mol. The Morgan fingerprint density at radius 1 is 1.03 bits per heavy atom. The number of alkyl halides is 3. The summed E-state index contributed by atoms with van der Waals surface area (Å²) < 4.78 is 46.1. The molecule has 0 saturated heterocycles. The minimum absolute atomic E-state index is 0.115. The van der Waals surface area contributed by atoms with E-state index >= 15 is 0 Å². The van der Waals surface area contributed by atoms with E-state index in [1.807, 2.05) is 0 Å². The molecule has 1 aromatic heterocycles. The van der Waals surface area contributed by atoms with Gasteiger partial charge in [0.05, 0.1) is 23.2 Å². The molecule has 170 valence electrons. The standard InChI is InChI=1S/C22H22F3N3O4/c1-3-32-20(30)14-27(12-15-8-10-16(11-9-15)22(23,24)25)19(29)13-28-18-7-5-4-6-17(18)26(2)21(28)31/h4-11H,3,12-14H2,1-2H3. The van der Waals surface area contributed by atoms with Crippen LogP contribution in [0, 0.1) is 0 Å². The molecule has 32 heavy (non-hydrogen) atoms. The molecule has 7 nitrogen and oxygen atoms in total. The second-order valence-corrected chi connectivity index (χ2v) is 7.17. The van der Waals surface area contributed by atoms with Gasteiger partial charge >= 0.3 is 17.8 Å². The van der Waals surface area contributed by atoms with Gasteiger partial charge in [-0.15, -0.1) is 0 Å². The van der Waals surface area contributed by atoms with E-state index in [1.54, 1.807) is 38.2 Å². The number of para-hydroxylation sites is 2. The fourth-order valence-electron chi connectivity index (χ4n) is 3.37. The molecule has 2 aromatic carbocycles. The van der Waals surface area contributed by atoms with E-state index < -0.39 is 35.9 Å². The Bertz CT molecular complexity index is 1180. The molecule has 1 heterocycles. The summed E-state index contributed by atoms with van der Waals surface area (Å²) in [6.07, 6.45) is -4.48. The van der Waals surface area contributed by atoms with Gasteiger partial charge in [0.1, 0.15) is 13.1 Å². The lowest BCUT2D eigenvalue weighted by Crippen LogP contribution is -2.39. The average molecular weight is 449 g/mol. The van der Waals surface area contributed by atoms with E-state index in [1.165, 1.54) is 21.3 Å². The second kappa shape index (κ2) is 9.29. The van der Waals surface area contributed by atoms with Crippen molar-refractivity contribution in [2.24, 2.45) is 7.05 Å². The summed E-state index contributed by atoms with van der Waals surface area (Å²) >= 11 is 0. The number of fused-ring (bicyclic) bond motifs is 1. The number of nitrogens with zero attached hydrogens (tertiary/aromatic N) is 3. The number of hydrogen-bond donors (Lipinski definition) is 0. The Morgan fingerprint density at radius 2 is 1.66 bits per heavy atom. The Balaban J connectivity index is 1.87. The molecule has 0 fully saturated rings. The van der Waals surface area contributed by atoms with E-state index in [0.29, 0.717) is 16.6 Å². The quantitative estimate of drug-likeness (QED) is 0.520. The summed E-state index contributed by atoms with van der Waals surface area (Å²) in [7, 11) is 1.59. The van der Waals surface area contributed by atoms with Crippen molar-refractivity contribution >= 4 is 22.9 Å². The summed E-state index contributed by atoms with van der Waals surface area (Å²) in [6.45, 7) is 0.891. The predicted octanol–water partition coefficient (Wildman–Crippen LogP) is 2.95. The molecule has 1 amide bonds. The molecule has 0 aliphatic heterocycles. The van der Waals surface area contributed by atoms with Crippen LogP contribution in [0.25, 0.3) is 11.0 Å². The van der Waals surface area contributed by atoms with Gasteiger partial charge in [-0.1, -0.05) is 24.3 Å². The lowest BCUT2D eigenvalue weighted by Gasteiger charge is -2.22. The predicted molar refractivity (Wildman–Crippen MR) is 111 cm³/mol. The van der Waals surface area contributed by atoms with Crippen LogP contribution in [0.3, 0.4) is 0 Å². The molecule has 0 bridgehead atoms. The van der Waals surface area contributed by atoms with Gasteiger partial charge in [-0.25, -0.2) is 4.79 Å². The molecule has 0 radical (unpaired) electrons. The first-order valence-corrected chi connectivity index (χ1v) is 9.85. The van der Waals surface area contributed by atoms with Gasteiger partial charge in [-0.3, -0.25) is 18.7 Å². The third kappa shape index (κ3) is 5.01. The normalized spacial score (nSPS) is 11.5. The highest BCUT2D eigenvalue weighted by molar-refractivity contribution is 5.84. The van der Waals surface area contributed by atoms with Crippen molar-refractivity contribution < 1.29 is 27.5 Å². The van der Waals surface area contributed by atoms with Crippen LogP contribution in [0.15, 0.2) is 53.3 Å². The third-order valence-electron chi connectivity index (χ3n) is 4.98. The van der Waals surface area contributed by atoms with Crippen molar-refractivity contribution in [1.82, 2.24) is 14.0 Å². The molecule has 0 saturated carbocycles. The lowest BCUT2D eigenvalue weighted by molar-refractivity contribution is -0.149. The van der Waals surface area contributed by atoms with Gasteiger partial charge in [0.25, 0.3) is 0 Å². The minimum Gasteiger partial charge on any atom is -0.465 e. The van der Waals surface area contributed by atoms with Crippen LogP contribution in [-0.4, -0.2) is 39.1 Å². The van der Waals surface area contributed by atoms with Crippen molar-refractivity contribution in [3.05, 3.63) is 70.1 Å². The number of rotatable bonds is 7. The second-order valence-electron chi connectivity index (χ2n) is 7.17. The van der Waals surface area contributed by atoms with Gasteiger partial charge < -0.3 is 9.64 Å². The minimum atomic E-state index is -4.48. The van der Waals surface area contributed by atoms with E-state index in [-0.39, 0.29) is 19.7 Å². The van der Waals surface area contributed by atoms with Gasteiger partial charge in [-0.05, 0) is 36.8 Å². The molecule has 0 atom stereocenters. The average Bonchev–Trinajstić information content (AvgIpc) is 2.98. The maximum Gasteiger partial charge on any atom is 0.416 e. The zero-order valence-corrected chi connectivity index (χ0v) is 17.6. The SMILES string of the molecule is CCOC(=O)CN(Cc1ccc(C(F)(F)F)cc1)C(=O)Cn1c(=O)n(C)c2ccccc21. The van der Waals surface area contributed by atoms with Crippen molar-refractivity contribution in [1.29, 1.82) is 0 Å². The first-order chi connectivity index (χ1) is 15.1. The third-order valence-corrected chi connectivity index (χ3v) is 4.98. The largest absolute Gasteiger partial charge is 0.465 e. The van der Waals surface area contributed by atoms with E-state index in [9.17, 15) is 27.6 Å². The van der Waals surface area contributed by atoms with Crippen LogP contribution < -0.4 is 5.69 Å². The van der Waals surface area contributed by atoms with Gasteiger partial charge in [-0.2, -0.15) is 13.2 Å².